The van der Waals surface area contributed by atoms with Crippen molar-refractivity contribution in [1.82, 2.24) is 10.3 Å². The van der Waals surface area contributed by atoms with Gasteiger partial charge in [-0.05, 0) is 36.6 Å². The lowest BCUT2D eigenvalue weighted by molar-refractivity contribution is 0.0946. The van der Waals surface area contributed by atoms with Gasteiger partial charge in [-0.2, -0.15) is 0 Å². The second-order valence-electron chi connectivity index (χ2n) is 7.39. The molecule has 0 spiro atoms. The molecule has 0 saturated heterocycles. The minimum atomic E-state index is -3.34. The third-order valence-corrected chi connectivity index (χ3v) is 8.27. The van der Waals surface area contributed by atoms with Gasteiger partial charge >= 0.3 is 0 Å². The summed E-state index contributed by atoms with van der Waals surface area (Å²) in [5.41, 5.74) is 0.512. The average Bonchev–Trinajstić information content (AvgIpc) is 2.75. The van der Waals surface area contributed by atoms with Gasteiger partial charge in [-0.1, -0.05) is 50.3 Å². The number of aromatic nitrogens is 1. The molecule has 3 rings (SSSR count). The second-order valence-corrected chi connectivity index (χ2v) is 10.6. The Balaban J connectivity index is 1.52. The summed E-state index contributed by atoms with van der Waals surface area (Å²) < 4.78 is 24.8. The van der Waals surface area contributed by atoms with Crippen LogP contribution in [0, 0.1) is 5.92 Å². The van der Waals surface area contributed by atoms with Crippen molar-refractivity contribution < 1.29 is 13.2 Å². The predicted octanol–water partition coefficient (Wildman–Crippen LogP) is 4.35. The lowest BCUT2D eigenvalue weighted by atomic mass is 9.87. The Morgan fingerprint density at radius 1 is 1.07 bits per heavy atom. The molecule has 1 amide bonds. The van der Waals surface area contributed by atoms with Crippen molar-refractivity contribution in [2.24, 2.45) is 5.92 Å². The van der Waals surface area contributed by atoms with Crippen LogP contribution in [-0.4, -0.2) is 37.4 Å². The number of nitrogens with zero attached hydrogens (tertiary/aromatic N) is 1. The largest absolute Gasteiger partial charge is 0.352 e. The number of nitrogens with one attached hydrogen (secondary N) is 1. The van der Waals surface area contributed by atoms with E-state index in [1.807, 2.05) is 0 Å². The Morgan fingerprint density at radius 3 is 2.59 bits per heavy atom. The zero-order valence-corrected chi connectivity index (χ0v) is 18.2. The van der Waals surface area contributed by atoms with Gasteiger partial charge in [-0.3, -0.25) is 4.79 Å². The summed E-state index contributed by atoms with van der Waals surface area (Å²) in [6.07, 6.45) is 9.11. The summed E-state index contributed by atoms with van der Waals surface area (Å²) in [7, 11) is -3.34. The van der Waals surface area contributed by atoms with Crippen LogP contribution in [0.2, 0.25) is 0 Å². The number of hydrogen-bond donors (Lipinski definition) is 1. The van der Waals surface area contributed by atoms with Crippen molar-refractivity contribution in [3.05, 3.63) is 54.2 Å². The Labute approximate surface area is 177 Å². The van der Waals surface area contributed by atoms with Crippen LogP contribution in [0.1, 0.15) is 48.9 Å². The molecule has 0 unspecified atom stereocenters. The van der Waals surface area contributed by atoms with E-state index >= 15 is 0 Å². The van der Waals surface area contributed by atoms with E-state index in [2.05, 4.69) is 10.3 Å². The summed E-state index contributed by atoms with van der Waals surface area (Å²) in [4.78, 5) is 17.2. The number of carbonyl (C=O) groups is 1. The maximum absolute atomic E-state index is 12.6. The van der Waals surface area contributed by atoms with Crippen molar-refractivity contribution in [3.63, 3.8) is 0 Å². The molecule has 29 heavy (non-hydrogen) atoms. The number of carbonyl (C=O) groups excluding carboxylic acids is 1. The summed E-state index contributed by atoms with van der Waals surface area (Å²) in [5.74, 6) is 0.926. The van der Waals surface area contributed by atoms with E-state index < -0.39 is 9.84 Å². The molecule has 156 valence electrons. The fourth-order valence-electron chi connectivity index (χ4n) is 3.63. The van der Waals surface area contributed by atoms with E-state index in [0.29, 0.717) is 27.8 Å². The Morgan fingerprint density at radius 2 is 1.83 bits per heavy atom. The highest BCUT2D eigenvalue weighted by Gasteiger charge is 2.18. The fraction of sp³-hybridized carbons (Fsp3) is 0.455. The van der Waals surface area contributed by atoms with Crippen molar-refractivity contribution in [2.45, 2.75) is 48.4 Å². The third kappa shape index (κ3) is 6.57. The summed E-state index contributed by atoms with van der Waals surface area (Å²) >= 11 is 1.31. The maximum Gasteiger partial charge on any atom is 0.254 e. The van der Waals surface area contributed by atoms with E-state index in [1.165, 1.54) is 43.9 Å². The van der Waals surface area contributed by atoms with Crippen LogP contribution in [-0.2, 0) is 9.84 Å². The molecular weight excluding hydrogens is 404 g/mol. The molecule has 7 heteroatoms. The molecule has 1 aromatic heterocycles. The average molecular weight is 433 g/mol. The first kappa shape index (κ1) is 21.8. The monoisotopic (exact) mass is 432 g/mol. The zero-order chi connectivity index (χ0) is 20.5. The van der Waals surface area contributed by atoms with Gasteiger partial charge in [0.2, 0.25) is 0 Å². The highest BCUT2D eigenvalue weighted by Crippen LogP contribution is 2.26. The number of thioether (sulfide) groups is 1. The molecule has 0 radical (unpaired) electrons. The molecule has 1 aliphatic rings. The minimum Gasteiger partial charge on any atom is -0.352 e. The predicted molar refractivity (Wildman–Crippen MR) is 117 cm³/mol. The number of amides is 1. The van der Waals surface area contributed by atoms with Crippen molar-refractivity contribution in [3.8, 4) is 0 Å². The van der Waals surface area contributed by atoms with Gasteiger partial charge in [0.1, 0.15) is 5.03 Å². The molecule has 1 saturated carbocycles. The van der Waals surface area contributed by atoms with E-state index in [4.69, 9.17) is 0 Å². The number of benzene rings is 1. The lowest BCUT2D eigenvalue weighted by Crippen LogP contribution is -2.27. The molecule has 1 heterocycles. The molecule has 0 bridgehead atoms. The second kappa shape index (κ2) is 10.8. The third-order valence-electron chi connectivity index (χ3n) is 5.27. The number of rotatable bonds is 9. The molecular formula is C22H28N2O3S2. The Kier molecular flexibility index (Phi) is 8.12. The molecule has 0 aliphatic heterocycles. The van der Waals surface area contributed by atoms with Crippen LogP contribution >= 0.6 is 11.8 Å². The normalized spacial score (nSPS) is 15.2. The number of hydrogen-bond acceptors (Lipinski definition) is 5. The van der Waals surface area contributed by atoms with Crippen molar-refractivity contribution in [1.29, 1.82) is 0 Å². The first-order valence-corrected chi connectivity index (χ1v) is 12.8. The molecule has 0 atom stereocenters. The highest BCUT2D eigenvalue weighted by atomic mass is 32.2. The molecule has 2 aromatic rings. The number of pyridine rings is 1. The summed E-state index contributed by atoms with van der Waals surface area (Å²) in [5, 5.41) is 3.58. The van der Waals surface area contributed by atoms with Crippen LogP contribution < -0.4 is 5.32 Å². The number of sulfone groups is 1. The topological polar surface area (TPSA) is 76.1 Å². The standard InChI is InChI=1S/C22H28N2O3S2/c25-21(23-15-13-18-8-3-1-4-9-18)20-12-7-14-24-22(20)28-16-17-29(26,27)19-10-5-2-6-11-19/h2,5-7,10-12,14,18H,1,3-4,8-9,13,15-17H2,(H,23,25). The molecule has 1 aromatic carbocycles. The van der Waals surface area contributed by atoms with Gasteiger partial charge in [0.15, 0.2) is 9.84 Å². The minimum absolute atomic E-state index is 0.000985. The summed E-state index contributed by atoms with van der Waals surface area (Å²) in [6, 6.07) is 11.9. The SMILES string of the molecule is O=C(NCCC1CCCCC1)c1cccnc1SCCS(=O)(=O)c1ccccc1. The first-order chi connectivity index (χ1) is 14.1. The van der Waals surface area contributed by atoms with Crippen LogP contribution in [0.4, 0.5) is 0 Å². The van der Waals surface area contributed by atoms with Gasteiger partial charge in [0.05, 0.1) is 16.2 Å². The highest BCUT2D eigenvalue weighted by molar-refractivity contribution is 8.00. The quantitative estimate of drug-likeness (QED) is 0.596. The van der Waals surface area contributed by atoms with Crippen LogP contribution in [0.3, 0.4) is 0 Å². The smallest absolute Gasteiger partial charge is 0.254 e. The summed E-state index contributed by atoms with van der Waals surface area (Å²) in [6.45, 7) is 0.672. The van der Waals surface area contributed by atoms with Gasteiger partial charge in [-0.25, -0.2) is 13.4 Å². The fourth-order valence-corrected chi connectivity index (χ4v) is 6.30. The van der Waals surface area contributed by atoms with Gasteiger partial charge in [0.25, 0.3) is 5.91 Å². The van der Waals surface area contributed by atoms with Crippen molar-refractivity contribution >= 4 is 27.5 Å². The van der Waals surface area contributed by atoms with E-state index in [9.17, 15) is 13.2 Å². The lowest BCUT2D eigenvalue weighted by Gasteiger charge is -2.21. The molecule has 1 fully saturated rings. The Hall–Kier alpha value is -1.86. The Bertz CT molecular complexity index is 895. The van der Waals surface area contributed by atoms with Gasteiger partial charge in [-0.15, -0.1) is 11.8 Å². The van der Waals surface area contributed by atoms with Crippen molar-refractivity contribution in [2.75, 3.05) is 18.1 Å². The van der Waals surface area contributed by atoms with E-state index in [1.54, 1.807) is 48.7 Å². The van der Waals surface area contributed by atoms with Gasteiger partial charge in [0, 0.05) is 18.5 Å². The molecule has 1 aliphatic carbocycles. The molecule has 5 nitrogen and oxygen atoms in total. The maximum atomic E-state index is 12.6. The first-order valence-electron chi connectivity index (χ1n) is 10.2. The van der Waals surface area contributed by atoms with Crippen LogP contribution in [0.5, 0.6) is 0 Å². The van der Waals surface area contributed by atoms with Gasteiger partial charge < -0.3 is 5.32 Å². The van der Waals surface area contributed by atoms with Crippen LogP contribution in [0.15, 0.2) is 58.6 Å². The van der Waals surface area contributed by atoms with E-state index in [-0.39, 0.29) is 11.7 Å². The van der Waals surface area contributed by atoms with Crippen LogP contribution in [0.25, 0.3) is 0 Å². The molecule has 1 N–H and O–H groups in total. The van der Waals surface area contributed by atoms with E-state index in [0.717, 1.165) is 12.3 Å². The zero-order valence-electron chi connectivity index (χ0n) is 16.5.